The summed E-state index contributed by atoms with van der Waals surface area (Å²) in [5.41, 5.74) is 2.91. The molecule has 1 amide bonds. The summed E-state index contributed by atoms with van der Waals surface area (Å²) in [7, 11) is 0. The van der Waals surface area contributed by atoms with Crippen molar-refractivity contribution >= 4 is 21.8 Å². The maximum Gasteiger partial charge on any atom is 0.254 e. The molecular weight excluding hydrogens is 430 g/mol. The van der Waals surface area contributed by atoms with Gasteiger partial charge in [0.25, 0.3) is 5.91 Å². The van der Waals surface area contributed by atoms with Crippen molar-refractivity contribution in [3.05, 3.63) is 76.2 Å². The van der Waals surface area contributed by atoms with Gasteiger partial charge in [0, 0.05) is 59.9 Å². The van der Waals surface area contributed by atoms with Gasteiger partial charge in [-0.1, -0.05) is 22.0 Å². The minimum absolute atomic E-state index is 0.127. The summed E-state index contributed by atoms with van der Waals surface area (Å²) in [4.78, 5) is 19.3. The van der Waals surface area contributed by atoms with E-state index < -0.39 is 0 Å². The fraction of sp³-hybridized carbons (Fsp3) is 0.318. The van der Waals surface area contributed by atoms with Crippen LogP contribution in [0.2, 0.25) is 0 Å². The highest BCUT2D eigenvalue weighted by atomic mass is 79.9. The summed E-state index contributed by atoms with van der Waals surface area (Å²) < 4.78 is 2.79. The van der Waals surface area contributed by atoms with Gasteiger partial charge in [0.1, 0.15) is 0 Å². The normalized spacial score (nSPS) is 14.9. The standard InChI is InChI=1S/C22H24BrN5O/c1-16-14-18(23)5-6-20(16)22(29)27-12-7-19(8-13-27)25-15-17-4-2-9-24-21(17)28-11-3-10-26-28/h2-6,9-11,14,19,25H,7-8,12-13,15H2,1H3. The first-order valence-electron chi connectivity index (χ1n) is 9.84. The van der Waals surface area contributed by atoms with Crippen molar-refractivity contribution in [3.63, 3.8) is 0 Å². The zero-order valence-electron chi connectivity index (χ0n) is 16.4. The van der Waals surface area contributed by atoms with Crippen LogP contribution < -0.4 is 5.32 Å². The van der Waals surface area contributed by atoms with E-state index in [0.717, 1.165) is 59.5 Å². The van der Waals surface area contributed by atoms with Gasteiger partial charge in [-0.15, -0.1) is 0 Å². The van der Waals surface area contributed by atoms with Crippen molar-refractivity contribution in [1.82, 2.24) is 25.0 Å². The Balaban J connectivity index is 1.34. The van der Waals surface area contributed by atoms with Crippen LogP contribution in [0, 0.1) is 6.92 Å². The lowest BCUT2D eigenvalue weighted by molar-refractivity contribution is 0.0704. The molecule has 3 heterocycles. The highest BCUT2D eigenvalue weighted by molar-refractivity contribution is 9.10. The molecule has 29 heavy (non-hydrogen) atoms. The first-order valence-corrected chi connectivity index (χ1v) is 10.6. The lowest BCUT2D eigenvalue weighted by atomic mass is 10.0. The highest BCUT2D eigenvalue weighted by Crippen LogP contribution is 2.20. The summed E-state index contributed by atoms with van der Waals surface area (Å²) in [6.07, 6.45) is 7.33. The number of carbonyl (C=O) groups is 1. The Morgan fingerprint density at radius 1 is 1.21 bits per heavy atom. The monoisotopic (exact) mass is 453 g/mol. The van der Waals surface area contributed by atoms with E-state index >= 15 is 0 Å². The Hall–Kier alpha value is -2.51. The first-order chi connectivity index (χ1) is 14.1. The zero-order valence-corrected chi connectivity index (χ0v) is 18.0. The van der Waals surface area contributed by atoms with E-state index in [2.05, 4.69) is 37.4 Å². The predicted octanol–water partition coefficient (Wildman–Crippen LogP) is 3.73. The molecule has 7 heteroatoms. The molecule has 0 radical (unpaired) electrons. The molecular formula is C22H24BrN5O. The number of rotatable bonds is 5. The fourth-order valence-corrected chi connectivity index (χ4v) is 4.22. The van der Waals surface area contributed by atoms with E-state index in [1.54, 1.807) is 17.1 Å². The second-order valence-corrected chi connectivity index (χ2v) is 8.26. The van der Waals surface area contributed by atoms with Crippen molar-refractivity contribution in [2.24, 2.45) is 0 Å². The summed E-state index contributed by atoms with van der Waals surface area (Å²) in [5, 5.41) is 7.92. The average molecular weight is 454 g/mol. The molecule has 0 bridgehead atoms. The molecule has 0 aliphatic carbocycles. The van der Waals surface area contributed by atoms with Crippen LogP contribution in [-0.2, 0) is 6.54 Å². The third kappa shape index (κ3) is 4.57. The number of benzene rings is 1. The molecule has 150 valence electrons. The third-order valence-electron chi connectivity index (χ3n) is 5.37. The van der Waals surface area contributed by atoms with Crippen LogP contribution in [0.15, 0.2) is 59.5 Å². The van der Waals surface area contributed by atoms with E-state index in [1.807, 2.05) is 48.4 Å². The number of aromatic nitrogens is 3. The molecule has 1 aliphatic heterocycles. The zero-order chi connectivity index (χ0) is 20.2. The molecule has 4 rings (SSSR count). The number of halogens is 1. The van der Waals surface area contributed by atoms with Gasteiger partial charge in [-0.2, -0.15) is 5.10 Å². The lowest BCUT2D eigenvalue weighted by Crippen LogP contribution is -2.45. The second-order valence-electron chi connectivity index (χ2n) is 7.34. The Labute approximate surface area is 179 Å². The molecule has 2 aromatic heterocycles. The van der Waals surface area contributed by atoms with E-state index in [0.29, 0.717) is 6.04 Å². The highest BCUT2D eigenvalue weighted by Gasteiger charge is 2.24. The van der Waals surface area contributed by atoms with E-state index in [9.17, 15) is 4.79 Å². The summed E-state index contributed by atoms with van der Waals surface area (Å²) in [5.74, 6) is 0.977. The molecule has 6 nitrogen and oxygen atoms in total. The Kier molecular flexibility index (Phi) is 6.06. The van der Waals surface area contributed by atoms with Gasteiger partial charge in [-0.05, 0) is 55.7 Å². The first kappa shape index (κ1) is 19.8. The maximum atomic E-state index is 12.9. The molecule has 3 aromatic rings. The number of pyridine rings is 1. The van der Waals surface area contributed by atoms with Crippen LogP contribution >= 0.6 is 15.9 Å². The molecule has 1 aliphatic rings. The molecule has 1 fully saturated rings. The molecule has 0 atom stereocenters. The topological polar surface area (TPSA) is 63.1 Å². The van der Waals surface area contributed by atoms with E-state index in [1.165, 1.54) is 0 Å². The van der Waals surface area contributed by atoms with E-state index in [4.69, 9.17) is 0 Å². The Morgan fingerprint density at radius 2 is 2.03 bits per heavy atom. The number of hydrogen-bond donors (Lipinski definition) is 1. The number of carbonyl (C=O) groups excluding carboxylic acids is 1. The number of likely N-dealkylation sites (tertiary alicyclic amines) is 1. The van der Waals surface area contributed by atoms with Crippen LogP contribution in [0.3, 0.4) is 0 Å². The van der Waals surface area contributed by atoms with Crippen molar-refractivity contribution in [2.75, 3.05) is 13.1 Å². The molecule has 1 aromatic carbocycles. The van der Waals surface area contributed by atoms with Crippen LogP contribution in [-0.4, -0.2) is 44.7 Å². The van der Waals surface area contributed by atoms with Crippen LogP contribution in [0.5, 0.6) is 0 Å². The van der Waals surface area contributed by atoms with Crippen molar-refractivity contribution in [2.45, 2.75) is 32.4 Å². The average Bonchev–Trinajstić information content (AvgIpc) is 3.27. The summed E-state index contributed by atoms with van der Waals surface area (Å²) in [6.45, 7) is 4.25. The summed E-state index contributed by atoms with van der Waals surface area (Å²) in [6, 6.07) is 12.1. The number of nitrogens with zero attached hydrogens (tertiary/aromatic N) is 4. The van der Waals surface area contributed by atoms with Crippen molar-refractivity contribution in [3.8, 4) is 5.82 Å². The third-order valence-corrected chi connectivity index (χ3v) is 5.86. The molecule has 0 spiro atoms. The minimum atomic E-state index is 0.127. The lowest BCUT2D eigenvalue weighted by Gasteiger charge is -2.33. The van der Waals surface area contributed by atoms with Gasteiger partial charge in [-0.25, -0.2) is 9.67 Å². The quantitative estimate of drug-likeness (QED) is 0.638. The fourth-order valence-electron chi connectivity index (χ4n) is 3.75. The smallest absolute Gasteiger partial charge is 0.254 e. The van der Waals surface area contributed by atoms with Crippen molar-refractivity contribution in [1.29, 1.82) is 0 Å². The van der Waals surface area contributed by atoms with Gasteiger partial charge in [0.15, 0.2) is 5.82 Å². The Bertz CT molecular complexity index is 981. The number of piperidine rings is 1. The molecule has 0 unspecified atom stereocenters. The van der Waals surface area contributed by atoms with Gasteiger partial charge in [-0.3, -0.25) is 4.79 Å². The van der Waals surface area contributed by atoms with Gasteiger partial charge in [0.2, 0.25) is 0 Å². The molecule has 1 saturated heterocycles. The van der Waals surface area contributed by atoms with Gasteiger partial charge >= 0.3 is 0 Å². The largest absolute Gasteiger partial charge is 0.339 e. The maximum absolute atomic E-state index is 12.9. The van der Waals surface area contributed by atoms with Crippen LogP contribution in [0.25, 0.3) is 5.82 Å². The minimum Gasteiger partial charge on any atom is -0.339 e. The predicted molar refractivity (Wildman–Crippen MR) is 116 cm³/mol. The van der Waals surface area contributed by atoms with Gasteiger partial charge < -0.3 is 10.2 Å². The van der Waals surface area contributed by atoms with Crippen LogP contribution in [0.1, 0.15) is 34.3 Å². The number of aryl methyl sites for hydroxylation is 1. The SMILES string of the molecule is Cc1cc(Br)ccc1C(=O)N1CCC(NCc2cccnc2-n2cccn2)CC1. The van der Waals surface area contributed by atoms with E-state index in [-0.39, 0.29) is 5.91 Å². The number of hydrogen-bond acceptors (Lipinski definition) is 4. The molecule has 0 saturated carbocycles. The summed E-state index contributed by atoms with van der Waals surface area (Å²) >= 11 is 3.46. The second kappa shape index (κ2) is 8.88. The number of amides is 1. The van der Waals surface area contributed by atoms with Gasteiger partial charge in [0.05, 0.1) is 0 Å². The van der Waals surface area contributed by atoms with Crippen LogP contribution in [0.4, 0.5) is 0 Å². The van der Waals surface area contributed by atoms with Crippen molar-refractivity contribution < 1.29 is 4.79 Å². The number of nitrogens with one attached hydrogen (secondary N) is 1. The molecule has 1 N–H and O–H groups in total. The Morgan fingerprint density at radius 3 is 2.76 bits per heavy atom.